The predicted octanol–water partition coefficient (Wildman–Crippen LogP) is 1.98. The highest BCUT2D eigenvalue weighted by Crippen LogP contribution is 2.18. The first kappa shape index (κ1) is 13.2. The zero-order valence-corrected chi connectivity index (χ0v) is 10.3. The number of hydrogen-bond acceptors (Lipinski definition) is 3. The molecule has 1 aliphatic heterocycles. The zero-order valence-electron chi connectivity index (χ0n) is 10.3. The van der Waals surface area contributed by atoms with E-state index in [1.807, 2.05) is 0 Å². The molecule has 0 aromatic heterocycles. The Labute approximate surface area is 95.7 Å². The summed E-state index contributed by atoms with van der Waals surface area (Å²) in [6.45, 7) is 5.85. The molecule has 1 rings (SSSR count). The Morgan fingerprint density at radius 3 is 2.50 bits per heavy atom. The van der Waals surface area contributed by atoms with Crippen LogP contribution in [0.2, 0.25) is 0 Å². The number of piperidine rings is 1. The summed E-state index contributed by atoms with van der Waals surface area (Å²) in [7, 11) is 1.52. The van der Waals surface area contributed by atoms with Crippen LogP contribution in [0.15, 0.2) is 0 Å². The Bertz CT molecular complexity index is 252. The number of rotatable bonds is 1. The van der Waals surface area contributed by atoms with Gasteiger partial charge in [0.15, 0.2) is 0 Å². The lowest BCUT2D eigenvalue weighted by Crippen LogP contribution is -2.49. The van der Waals surface area contributed by atoms with Crippen LogP contribution in [0, 0.1) is 0 Å². The number of nitrogens with zero attached hydrogens (tertiary/aromatic N) is 1. The van der Waals surface area contributed by atoms with Gasteiger partial charge >= 0.3 is 6.09 Å². The molecule has 0 bridgehead atoms. The lowest BCUT2D eigenvalue weighted by Gasteiger charge is -2.35. The van der Waals surface area contributed by atoms with Gasteiger partial charge in [-0.1, -0.05) is 0 Å². The second-order valence-electron chi connectivity index (χ2n) is 5.08. The molecule has 0 aromatic carbocycles. The molecule has 2 unspecified atom stereocenters. The van der Waals surface area contributed by atoms with Gasteiger partial charge in [-0.15, -0.1) is 0 Å². The predicted molar refractivity (Wildman–Crippen MR) is 58.1 cm³/mol. The second kappa shape index (κ2) is 4.99. The fourth-order valence-corrected chi connectivity index (χ4v) is 1.64. The van der Waals surface area contributed by atoms with Gasteiger partial charge in [-0.2, -0.15) is 0 Å². The van der Waals surface area contributed by atoms with Crippen molar-refractivity contribution in [3.8, 4) is 0 Å². The van der Waals surface area contributed by atoms with E-state index in [9.17, 15) is 9.18 Å². The van der Waals surface area contributed by atoms with E-state index in [0.717, 1.165) is 0 Å². The van der Waals surface area contributed by atoms with Crippen molar-refractivity contribution in [2.24, 2.45) is 0 Å². The molecule has 2 atom stereocenters. The molecule has 16 heavy (non-hydrogen) atoms. The maximum Gasteiger partial charge on any atom is 0.410 e. The first-order valence-corrected chi connectivity index (χ1v) is 5.46. The molecule has 0 radical (unpaired) electrons. The number of halogens is 1. The molecule has 0 saturated carbocycles. The Morgan fingerprint density at radius 1 is 1.38 bits per heavy atom. The number of amides is 1. The van der Waals surface area contributed by atoms with Crippen LogP contribution in [0.4, 0.5) is 9.18 Å². The Hall–Kier alpha value is -0.840. The molecule has 0 aromatic rings. The van der Waals surface area contributed by atoms with E-state index in [0.29, 0.717) is 13.0 Å². The summed E-state index contributed by atoms with van der Waals surface area (Å²) < 4.78 is 23.6. The summed E-state index contributed by atoms with van der Waals surface area (Å²) in [5.41, 5.74) is -0.553. The Morgan fingerprint density at radius 2 is 2.00 bits per heavy atom. The lowest BCUT2D eigenvalue weighted by atomic mass is 10.1. The van der Waals surface area contributed by atoms with Crippen LogP contribution < -0.4 is 0 Å². The van der Waals surface area contributed by atoms with Gasteiger partial charge in [0.2, 0.25) is 0 Å². The van der Waals surface area contributed by atoms with Crippen LogP contribution in [-0.2, 0) is 9.47 Å². The van der Waals surface area contributed by atoms with E-state index in [2.05, 4.69) is 0 Å². The van der Waals surface area contributed by atoms with Crippen molar-refractivity contribution in [2.75, 3.05) is 20.2 Å². The smallest absolute Gasteiger partial charge is 0.410 e. The maximum atomic E-state index is 13.3. The number of alkyl halides is 1. The third-order valence-electron chi connectivity index (χ3n) is 2.35. The van der Waals surface area contributed by atoms with Crippen molar-refractivity contribution in [2.45, 2.75) is 45.1 Å². The normalized spacial score (nSPS) is 26.7. The highest BCUT2D eigenvalue weighted by Gasteiger charge is 2.32. The second-order valence-corrected chi connectivity index (χ2v) is 5.08. The van der Waals surface area contributed by atoms with Crippen LogP contribution in [0.3, 0.4) is 0 Å². The third kappa shape index (κ3) is 3.96. The Balaban J connectivity index is 2.55. The molecular weight excluding hydrogens is 213 g/mol. The van der Waals surface area contributed by atoms with Gasteiger partial charge in [-0.3, -0.25) is 0 Å². The van der Waals surface area contributed by atoms with Crippen LogP contribution in [-0.4, -0.2) is 49.1 Å². The molecule has 1 heterocycles. The number of hydrogen-bond donors (Lipinski definition) is 0. The van der Waals surface area contributed by atoms with E-state index in [4.69, 9.17) is 9.47 Å². The van der Waals surface area contributed by atoms with E-state index in [1.165, 1.54) is 12.0 Å². The molecule has 94 valence electrons. The molecule has 0 N–H and O–H groups in total. The maximum absolute atomic E-state index is 13.3. The SMILES string of the molecule is COC1CC(F)CN(C(=O)OC(C)(C)C)C1. The number of likely N-dealkylation sites (tertiary alicyclic amines) is 1. The molecule has 1 amide bonds. The van der Waals surface area contributed by atoms with Gasteiger partial charge in [-0.25, -0.2) is 9.18 Å². The lowest BCUT2D eigenvalue weighted by molar-refractivity contribution is -0.0248. The number of carbonyl (C=O) groups is 1. The summed E-state index contributed by atoms with van der Waals surface area (Å²) in [6, 6.07) is 0. The van der Waals surface area contributed by atoms with Gasteiger partial charge in [0.25, 0.3) is 0 Å². The van der Waals surface area contributed by atoms with E-state index < -0.39 is 17.9 Å². The largest absolute Gasteiger partial charge is 0.444 e. The minimum Gasteiger partial charge on any atom is -0.444 e. The molecular formula is C11H20FNO3. The first-order chi connectivity index (χ1) is 7.31. The van der Waals surface area contributed by atoms with Crippen molar-refractivity contribution in [1.82, 2.24) is 4.90 Å². The summed E-state index contributed by atoms with van der Waals surface area (Å²) in [5, 5.41) is 0. The quantitative estimate of drug-likeness (QED) is 0.695. The van der Waals surface area contributed by atoms with Crippen molar-refractivity contribution in [1.29, 1.82) is 0 Å². The van der Waals surface area contributed by atoms with Crippen molar-refractivity contribution in [3.63, 3.8) is 0 Å². The minimum atomic E-state index is -1.04. The molecule has 0 aliphatic carbocycles. The fourth-order valence-electron chi connectivity index (χ4n) is 1.64. The third-order valence-corrected chi connectivity index (χ3v) is 2.35. The van der Waals surface area contributed by atoms with E-state index in [-0.39, 0.29) is 12.6 Å². The fraction of sp³-hybridized carbons (Fsp3) is 0.909. The number of methoxy groups -OCH3 is 1. The van der Waals surface area contributed by atoms with E-state index >= 15 is 0 Å². The number of ether oxygens (including phenoxy) is 2. The van der Waals surface area contributed by atoms with Crippen molar-refractivity contribution >= 4 is 6.09 Å². The van der Waals surface area contributed by atoms with Crippen LogP contribution in [0.1, 0.15) is 27.2 Å². The summed E-state index contributed by atoms with van der Waals surface area (Å²) in [6.07, 6.45) is -1.41. The van der Waals surface area contributed by atoms with Gasteiger partial charge in [0.1, 0.15) is 11.8 Å². The van der Waals surface area contributed by atoms with Gasteiger partial charge < -0.3 is 14.4 Å². The minimum absolute atomic E-state index is 0.0920. The average molecular weight is 233 g/mol. The molecule has 1 aliphatic rings. The topological polar surface area (TPSA) is 38.8 Å². The highest BCUT2D eigenvalue weighted by molar-refractivity contribution is 5.68. The van der Waals surface area contributed by atoms with Gasteiger partial charge in [0, 0.05) is 13.5 Å². The molecule has 5 heteroatoms. The molecule has 0 spiro atoms. The Kier molecular flexibility index (Phi) is 4.13. The summed E-state index contributed by atoms with van der Waals surface area (Å²) >= 11 is 0. The standard InChI is InChI=1S/C11H20FNO3/c1-11(2,3)16-10(14)13-6-8(12)5-9(7-13)15-4/h8-9H,5-7H2,1-4H3. The molecule has 1 fully saturated rings. The molecule has 1 saturated heterocycles. The van der Waals surface area contributed by atoms with Gasteiger partial charge in [0.05, 0.1) is 19.2 Å². The van der Waals surface area contributed by atoms with Crippen molar-refractivity contribution < 1.29 is 18.7 Å². The molecule has 4 nitrogen and oxygen atoms in total. The summed E-state index contributed by atoms with van der Waals surface area (Å²) in [5.74, 6) is 0. The highest BCUT2D eigenvalue weighted by atomic mass is 19.1. The summed E-state index contributed by atoms with van der Waals surface area (Å²) in [4.78, 5) is 13.1. The first-order valence-electron chi connectivity index (χ1n) is 5.46. The van der Waals surface area contributed by atoms with Crippen LogP contribution in [0.25, 0.3) is 0 Å². The van der Waals surface area contributed by atoms with Crippen LogP contribution in [0.5, 0.6) is 0 Å². The zero-order chi connectivity index (χ0) is 12.3. The van der Waals surface area contributed by atoms with Crippen LogP contribution >= 0.6 is 0 Å². The van der Waals surface area contributed by atoms with Gasteiger partial charge in [-0.05, 0) is 20.8 Å². The van der Waals surface area contributed by atoms with E-state index in [1.54, 1.807) is 20.8 Å². The number of carbonyl (C=O) groups excluding carboxylic acids is 1. The monoisotopic (exact) mass is 233 g/mol. The van der Waals surface area contributed by atoms with Crippen molar-refractivity contribution in [3.05, 3.63) is 0 Å². The average Bonchev–Trinajstić information content (AvgIpc) is 2.14.